The predicted octanol–water partition coefficient (Wildman–Crippen LogP) is 2.29. The number of pyridine rings is 1. The molecule has 0 radical (unpaired) electrons. The van der Waals surface area contributed by atoms with Gasteiger partial charge >= 0.3 is 0 Å². The summed E-state index contributed by atoms with van der Waals surface area (Å²) >= 11 is 1.39. The highest BCUT2D eigenvalue weighted by molar-refractivity contribution is 7.12. The van der Waals surface area contributed by atoms with Crippen LogP contribution in [0.4, 0.5) is 11.5 Å². The van der Waals surface area contributed by atoms with E-state index >= 15 is 0 Å². The van der Waals surface area contributed by atoms with Gasteiger partial charge in [0.25, 0.3) is 5.91 Å². The predicted molar refractivity (Wildman–Crippen MR) is 65.7 cm³/mol. The Hall–Kier alpha value is -1.88. The first-order valence-electron chi connectivity index (χ1n) is 4.74. The molecule has 2 rings (SSSR count). The van der Waals surface area contributed by atoms with Crippen LogP contribution in [0.2, 0.25) is 0 Å². The Morgan fingerprint density at radius 1 is 1.56 bits per heavy atom. The first-order valence-corrected chi connectivity index (χ1v) is 5.62. The number of amides is 1. The third-order valence-corrected chi connectivity index (χ3v) is 3.01. The molecule has 0 aromatic carbocycles. The Bertz CT molecular complexity index is 508. The molecule has 0 fully saturated rings. The van der Waals surface area contributed by atoms with Crippen molar-refractivity contribution in [2.75, 3.05) is 11.1 Å². The summed E-state index contributed by atoms with van der Waals surface area (Å²) in [5.41, 5.74) is 7.16. The molecule has 0 unspecified atom stereocenters. The normalized spacial score (nSPS) is 10.1. The molecule has 82 valence electrons. The number of carbonyl (C=O) groups is 1. The van der Waals surface area contributed by atoms with Gasteiger partial charge in [-0.05, 0) is 30.0 Å². The molecule has 0 aliphatic rings. The van der Waals surface area contributed by atoms with E-state index < -0.39 is 0 Å². The first-order chi connectivity index (χ1) is 7.66. The van der Waals surface area contributed by atoms with E-state index in [4.69, 9.17) is 5.73 Å². The van der Waals surface area contributed by atoms with Crippen LogP contribution in [-0.2, 0) is 0 Å². The summed E-state index contributed by atoms with van der Waals surface area (Å²) in [6.45, 7) is 1.87. The maximum absolute atomic E-state index is 11.7. The molecule has 16 heavy (non-hydrogen) atoms. The number of hydrogen-bond donors (Lipinski definition) is 2. The molecule has 5 heteroatoms. The average molecular weight is 233 g/mol. The number of carbonyl (C=O) groups excluding carboxylic acids is 1. The Morgan fingerprint density at radius 2 is 2.38 bits per heavy atom. The number of nitrogen functional groups attached to an aromatic ring is 1. The largest absolute Gasteiger partial charge is 0.397 e. The smallest absolute Gasteiger partial charge is 0.266 e. The van der Waals surface area contributed by atoms with E-state index in [9.17, 15) is 4.79 Å². The van der Waals surface area contributed by atoms with E-state index in [0.717, 1.165) is 5.56 Å². The molecule has 2 aromatic heterocycles. The molecule has 3 N–H and O–H groups in total. The Balaban J connectivity index is 2.15. The quantitative estimate of drug-likeness (QED) is 0.836. The second-order valence-corrected chi connectivity index (χ2v) is 4.31. The number of anilines is 2. The molecular weight excluding hydrogens is 222 g/mol. The van der Waals surface area contributed by atoms with Crippen LogP contribution in [0, 0.1) is 6.92 Å². The lowest BCUT2D eigenvalue weighted by molar-refractivity contribution is 0.103. The van der Waals surface area contributed by atoms with Gasteiger partial charge in [-0.1, -0.05) is 6.07 Å². The number of thiophene rings is 1. The number of aromatic nitrogens is 1. The summed E-state index contributed by atoms with van der Waals surface area (Å²) in [5.74, 6) is 0.372. The Morgan fingerprint density at radius 3 is 3.00 bits per heavy atom. The molecule has 1 amide bonds. The maximum atomic E-state index is 11.7. The molecule has 0 saturated heterocycles. The molecule has 0 spiro atoms. The number of aryl methyl sites for hydroxylation is 1. The molecule has 0 saturated carbocycles. The molecule has 0 aliphatic heterocycles. The highest BCUT2D eigenvalue weighted by Crippen LogP contribution is 2.15. The van der Waals surface area contributed by atoms with Gasteiger partial charge in [0.05, 0.1) is 16.8 Å². The minimum atomic E-state index is -0.147. The topological polar surface area (TPSA) is 68.0 Å². The van der Waals surface area contributed by atoms with Crippen LogP contribution >= 0.6 is 11.3 Å². The molecular formula is C11H11N3OS. The van der Waals surface area contributed by atoms with Crippen molar-refractivity contribution in [1.82, 2.24) is 4.98 Å². The monoisotopic (exact) mass is 233 g/mol. The van der Waals surface area contributed by atoms with Crippen molar-refractivity contribution in [3.8, 4) is 0 Å². The molecule has 2 heterocycles. The van der Waals surface area contributed by atoms with E-state index in [1.165, 1.54) is 11.3 Å². The Kier molecular flexibility index (Phi) is 2.87. The van der Waals surface area contributed by atoms with E-state index in [-0.39, 0.29) is 5.91 Å². The number of rotatable bonds is 2. The van der Waals surface area contributed by atoms with Crippen LogP contribution in [-0.4, -0.2) is 10.9 Å². The maximum Gasteiger partial charge on any atom is 0.266 e. The van der Waals surface area contributed by atoms with Crippen molar-refractivity contribution in [1.29, 1.82) is 0 Å². The van der Waals surface area contributed by atoms with Gasteiger partial charge in [0, 0.05) is 0 Å². The van der Waals surface area contributed by atoms with Gasteiger partial charge in [0.1, 0.15) is 5.82 Å². The number of nitrogens with one attached hydrogen (secondary N) is 1. The van der Waals surface area contributed by atoms with Crippen LogP contribution in [0.3, 0.4) is 0 Å². The van der Waals surface area contributed by atoms with E-state index in [0.29, 0.717) is 16.4 Å². The Labute approximate surface area is 97.1 Å². The van der Waals surface area contributed by atoms with E-state index in [1.54, 1.807) is 18.3 Å². The average Bonchev–Trinajstić information content (AvgIpc) is 2.77. The van der Waals surface area contributed by atoms with Gasteiger partial charge in [-0.2, -0.15) is 0 Å². The van der Waals surface area contributed by atoms with Crippen LogP contribution < -0.4 is 11.1 Å². The van der Waals surface area contributed by atoms with Crippen molar-refractivity contribution >= 4 is 28.7 Å². The van der Waals surface area contributed by atoms with Crippen LogP contribution in [0.1, 0.15) is 15.2 Å². The van der Waals surface area contributed by atoms with Crippen molar-refractivity contribution in [2.45, 2.75) is 6.92 Å². The molecule has 0 bridgehead atoms. The second-order valence-electron chi connectivity index (χ2n) is 3.36. The summed E-state index contributed by atoms with van der Waals surface area (Å²) in [4.78, 5) is 16.4. The second kappa shape index (κ2) is 4.32. The van der Waals surface area contributed by atoms with E-state index in [1.807, 2.05) is 18.4 Å². The number of nitrogens with two attached hydrogens (primary N) is 1. The fourth-order valence-electron chi connectivity index (χ4n) is 1.22. The zero-order valence-corrected chi connectivity index (χ0v) is 9.54. The summed E-state index contributed by atoms with van der Waals surface area (Å²) in [6, 6.07) is 5.35. The van der Waals surface area contributed by atoms with Gasteiger partial charge in [-0.3, -0.25) is 4.79 Å². The summed E-state index contributed by atoms with van der Waals surface area (Å²) in [7, 11) is 0. The molecule has 4 nitrogen and oxygen atoms in total. The third-order valence-electron chi connectivity index (χ3n) is 2.14. The van der Waals surface area contributed by atoms with Gasteiger partial charge in [-0.15, -0.1) is 11.3 Å². The number of hydrogen-bond acceptors (Lipinski definition) is 4. The van der Waals surface area contributed by atoms with Crippen LogP contribution in [0.5, 0.6) is 0 Å². The van der Waals surface area contributed by atoms with Gasteiger partial charge < -0.3 is 11.1 Å². The zero-order chi connectivity index (χ0) is 11.5. The van der Waals surface area contributed by atoms with Crippen molar-refractivity contribution in [3.05, 3.63) is 40.2 Å². The van der Waals surface area contributed by atoms with Gasteiger partial charge in [0.2, 0.25) is 0 Å². The SMILES string of the molecule is Cc1cc(NC(=O)c2cccs2)ncc1N. The lowest BCUT2D eigenvalue weighted by Gasteiger charge is -2.05. The van der Waals surface area contributed by atoms with Crippen LogP contribution in [0.25, 0.3) is 0 Å². The van der Waals surface area contributed by atoms with E-state index in [2.05, 4.69) is 10.3 Å². The fraction of sp³-hybridized carbons (Fsp3) is 0.0909. The standard InChI is InChI=1S/C11H11N3OS/c1-7-5-10(13-6-8(7)12)14-11(15)9-3-2-4-16-9/h2-6H,12H2,1H3,(H,13,14,15). The third kappa shape index (κ3) is 2.20. The van der Waals surface area contributed by atoms with Crippen molar-refractivity contribution in [3.63, 3.8) is 0 Å². The molecule has 0 aliphatic carbocycles. The van der Waals surface area contributed by atoms with Crippen molar-refractivity contribution in [2.24, 2.45) is 0 Å². The van der Waals surface area contributed by atoms with Crippen molar-refractivity contribution < 1.29 is 4.79 Å². The zero-order valence-electron chi connectivity index (χ0n) is 8.73. The van der Waals surface area contributed by atoms with Crippen LogP contribution in [0.15, 0.2) is 29.8 Å². The van der Waals surface area contributed by atoms with Gasteiger partial charge in [-0.25, -0.2) is 4.98 Å². The summed E-state index contributed by atoms with van der Waals surface area (Å²) in [6.07, 6.45) is 1.54. The fourth-order valence-corrected chi connectivity index (χ4v) is 1.84. The lowest BCUT2D eigenvalue weighted by atomic mass is 10.2. The molecule has 2 aromatic rings. The minimum Gasteiger partial charge on any atom is -0.397 e. The summed E-state index contributed by atoms with van der Waals surface area (Å²) in [5, 5.41) is 4.57. The number of nitrogens with zero attached hydrogens (tertiary/aromatic N) is 1. The minimum absolute atomic E-state index is 0.147. The lowest BCUT2D eigenvalue weighted by Crippen LogP contribution is -2.11. The van der Waals surface area contributed by atoms with Gasteiger partial charge in [0.15, 0.2) is 0 Å². The summed E-state index contributed by atoms with van der Waals surface area (Å²) < 4.78 is 0. The highest BCUT2D eigenvalue weighted by Gasteiger charge is 2.07. The first kappa shape index (κ1) is 10.6. The molecule has 0 atom stereocenters. The highest BCUT2D eigenvalue weighted by atomic mass is 32.1.